The Kier molecular flexibility index (Phi) is 3.45. The van der Waals surface area contributed by atoms with E-state index >= 15 is 0 Å². The van der Waals surface area contributed by atoms with Crippen molar-refractivity contribution in [2.75, 3.05) is 20.2 Å². The predicted molar refractivity (Wildman–Crippen MR) is 71.0 cm³/mol. The van der Waals surface area contributed by atoms with Crippen molar-refractivity contribution in [2.24, 2.45) is 0 Å². The zero-order valence-electron chi connectivity index (χ0n) is 11.4. The number of likely N-dealkylation sites (N-methyl/N-ethyl adjacent to an activating group) is 1. The number of hydrogen-bond acceptors (Lipinski definition) is 2. The Morgan fingerprint density at radius 1 is 1.39 bits per heavy atom. The number of nitrogens with one attached hydrogen (secondary N) is 1. The molecule has 1 unspecified atom stereocenters. The van der Waals surface area contributed by atoms with Gasteiger partial charge in [-0.25, -0.2) is 4.79 Å². The standard InChI is InChI=1S/C14H20N2O2/c1-5-16-8-12(15-14(16)17)11-6-9(2)10(3)7-13(11)18-4/h6-7,12H,5,8H2,1-4H3,(H,15,17). The molecule has 98 valence electrons. The Balaban J connectivity index is 2.34. The van der Waals surface area contributed by atoms with Crippen molar-refractivity contribution >= 4 is 6.03 Å². The van der Waals surface area contributed by atoms with E-state index in [1.165, 1.54) is 11.1 Å². The molecule has 0 spiro atoms. The van der Waals surface area contributed by atoms with Crippen molar-refractivity contribution in [3.05, 3.63) is 28.8 Å². The molecule has 1 aliphatic heterocycles. The highest BCUT2D eigenvalue weighted by atomic mass is 16.5. The average molecular weight is 248 g/mol. The summed E-state index contributed by atoms with van der Waals surface area (Å²) < 4.78 is 5.43. The lowest BCUT2D eigenvalue weighted by molar-refractivity contribution is 0.219. The summed E-state index contributed by atoms with van der Waals surface area (Å²) in [7, 11) is 1.67. The van der Waals surface area contributed by atoms with Crippen molar-refractivity contribution in [2.45, 2.75) is 26.8 Å². The van der Waals surface area contributed by atoms with Gasteiger partial charge in [0.05, 0.1) is 13.2 Å². The predicted octanol–water partition coefficient (Wildman–Crippen LogP) is 2.40. The molecule has 1 saturated heterocycles. The third-order valence-corrected chi connectivity index (χ3v) is 3.59. The van der Waals surface area contributed by atoms with Crippen molar-refractivity contribution in [3.63, 3.8) is 0 Å². The van der Waals surface area contributed by atoms with Gasteiger partial charge in [0.15, 0.2) is 0 Å². The lowest BCUT2D eigenvalue weighted by atomic mass is 10.00. The zero-order valence-corrected chi connectivity index (χ0v) is 11.4. The number of hydrogen-bond donors (Lipinski definition) is 1. The number of carbonyl (C=O) groups excluding carboxylic acids is 1. The second-order valence-electron chi connectivity index (χ2n) is 4.72. The fourth-order valence-electron chi connectivity index (χ4n) is 2.30. The molecule has 1 atom stereocenters. The van der Waals surface area contributed by atoms with Gasteiger partial charge in [0.25, 0.3) is 0 Å². The highest BCUT2D eigenvalue weighted by Gasteiger charge is 2.30. The molecule has 1 N–H and O–H groups in total. The summed E-state index contributed by atoms with van der Waals surface area (Å²) in [4.78, 5) is 13.5. The van der Waals surface area contributed by atoms with Crippen LogP contribution in [0.5, 0.6) is 5.75 Å². The van der Waals surface area contributed by atoms with E-state index < -0.39 is 0 Å². The molecule has 2 rings (SSSR count). The molecular weight excluding hydrogens is 228 g/mol. The van der Waals surface area contributed by atoms with Gasteiger partial charge in [0, 0.05) is 18.7 Å². The molecule has 4 heteroatoms. The minimum atomic E-state index is 0.00258. The van der Waals surface area contributed by atoms with Gasteiger partial charge in [0.1, 0.15) is 5.75 Å². The number of aryl methyl sites for hydroxylation is 2. The van der Waals surface area contributed by atoms with Crippen LogP contribution in [0.1, 0.15) is 29.7 Å². The highest BCUT2D eigenvalue weighted by molar-refractivity contribution is 5.77. The minimum absolute atomic E-state index is 0.00258. The lowest BCUT2D eigenvalue weighted by Gasteiger charge is -2.17. The number of urea groups is 1. The Bertz CT molecular complexity index is 471. The molecule has 0 saturated carbocycles. The topological polar surface area (TPSA) is 41.6 Å². The lowest BCUT2D eigenvalue weighted by Crippen LogP contribution is -2.27. The Morgan fingerprint density at radius 3 is 2.61 bits per heavy atom. The van der Waals surface area contributed by atoms with Gasteiger partial charge in [-0.3, -0.25) is 0 Å². The normalized spacial score (nSPS) is 19.0. The average Bonchev–Trinajstić information content (AvgIpc) is 2.73. The Hall–Kier alpha value is -1.71. The van der Waals surface area contributed by atoms with Crippen LogP contribution in [-0.4, -0.2) is 31.1 Å². The summed E-state index contributed by atoms with van der Waals surface area (Å²) in [5, 5.41) is 3.00. The largest absolute Gasteiger partial charge is 0.496 e. The molecule has 1 heterocycles. The first-order chi connectivity index (χ1) is 8.56. The van der Waals surface area contributed by atoms with E-state index in [-0.39, 0.29) is 12.1 Å². The van der Waals surface area contributed by atoms with Gasteiger partial charge in [-0.1, -0.05) is 0 Å². The molecule has 1 aromatic carbocycles. The van der Waals surface area contributed by atoms with Crippen LogP contribution in [0, 0.1) is 13.8 Å². The number of nitrogens with zero attached hydrogens (tertiary/aromatic N) is 1. The van der Waals surface area contributed by atoms with Crippen molar-refractivity contribution in [3.8, 4) is 5.75 Å². The number of methoxy groups -OCH3 is 1. The quantitative estimate of drug-likeness (QED) is 0.892. The van der Waals surface area contributed by atoms with Crippen molar-refractivity contribution in [1.82, 2.24) is 10.2 Å². The molecule has 0 aromatic heterocycles. The van der Waals surface area contributed by atoms with Gasteiger partial charge in [-0.2, -0.15) is 0 Å². The molecule has 1 aliphatic rings. The van der Waals surface area contributed by atoms with Gasteiger partial charge in [0.2, 0.25) is 0 Å². The first-order valence-electron chi connectivity index (χ1n) is 6.27. The van der Waals surface area contributed by atoms with Crippen LogP contribution in [0.25, 0.3) is 0 Å². The van der Waals surface area contributed by atoms with Crippen LogP contribution in [-0.2, 0) is 0 Å². The van der Waals surface area contributed by atoms with Crippen molar-refractivity contribution < 1.29 is 9.53 Å². The molecule has 1 aromatic rings. The number of ether oxygens (including phenoxy) is 1. The molecule has 18 heavy (non-hydrogen) atoms. The van der Waals surface area contributed by atoms with E-state index in [2.05, 4.69) is 25.2 Å². The minimum Gasteiger partial charge on any atom is -0.496 e. The maximum Gasteiger partial charge on any atom is 0.318 e. The van der Waals surface area contributed by atoms with E-state index in [0.29, 0.717) is 6.54 Å². The molecule has 0 bridgehead atoms. The van der Waals surface area contributed by atoms with Crippen LogP contribution in [0.15, 0.2) is 12.1 Å². The molecule has 4 nitrogen and oxygen atoms in total. The molecule has 2 amide bonds. The second kappa shape index (κ2) is 4.88. The van der Waals surface area contributed by atoms with Gasteiger partial charge in [-0.15, -0.1) is 0 Å². The second-order valence-corrected chi connectivity index (χ2v) is 4.72. The van der Waals surface area contributed by atoms with E-state index in [4.69, 9.17) is 4.74 Å². The summed E-state index contributed by atoms with van der Waals surface area (Å²) in [6.07, 6.45) is 0. The first-order valence-corrected chi connectivity index (χ1v) is 6.27. The Labute approximate surface area is 108 Å². The van der Waals surface area contributed by atoms with Crippen LogP contribution >= 0.6 is 0 Å². The smallest absolute Gasteiger partial charge is 0.318 e. The zero-order chi connectivity index (χ0) is 13.3. The fraction of sp³-hybridized carbons (Fsp3) is 0.500. The van der Waals surface area contributed by atoms with Crippen LogP contribution in [0.3, 0.4) is 0 Å². The molecule has 0 radical (unpaired) electrons. The molecular formula is C14H20N2O2. The third kappa shape index (κ3) is 2.15. The summed E-state index contributed by atoms with van der Waals surface area (Å²) in [6, 6.07) is 4.17. The van der Waals surface area contributed by atoms with Gasteiger partial charge < -0.3 is 15.0 Å². The maximum absolute atomic E-state index is 11.7. The summed E-state index contributed by atoms with van der Waals surface area (Å²) in [6.45, 7) is 7.56. The monoisotopic (exact) mass is 248 g/mol. The van der Waals surface area contributed by atoms with E-state index in [1.807, 2.05) is 13.0 Å². The van der Waals surface area contributed by atoms with Gasteiger partial charge in [-0.05, 0) is 44.0 Å². The summed E-state index contributed by atoms with van der Waals surface area (Å²) in [5.41, 5.74) is 3.48. The van der Waals surface area contributed by atoms with E-state index in [1.54, 1.807) is 12.0 Å². The SMILES string of the molecule is CCN1CC(c2cc(C)c(C)cc2OC)NC1=O. The number of carbonyl (C=O) groups is 1. The molecule has 0 aliphatic carbocycles. The number of benzene rings is 1. The number of rotatable bonds is 3. The summed E-state index contributed by atoms with van der Waals surface area (Å²) in [5.74, 6) is 0.848. The highest BCUT2D eigenvalue weighted by Crippen LogP contribution is 2.31. The number of amides is 2. The fourth-order valence-corrected chi connectivity index (χ4v) is 2.30. The maximum atomic E-state index is 11.7. The van der Waals surface area contributed by atoms with Gasteiger partial charge >= 0.3 is 6.03 Å². The van der Waals surface area contributed by atoms with Crippen molar-refractivity contribution in [1.29, 1.82) is 0 Å². The van der Waals surface area contributed by atoms with Crippen LogP contribution in [0.2, 0.25) is 0 Å². The van der Waals surface area contributed by atoms with Crippen LogP contribution in [0.4, 0.5) is 4.79 Å². The molecule has 1 fully saturated rings. The van der Waals surface area contributed by atoms with E-state index in [9.17, 15) is 4.79 Å². The van der Waals surface area contributed by atoms with Crippen LogP contribution < -0.4 is 10.1 Å². The first kappa shape index (κ1) is 12.7. The van der Waals surface area contributed by atoms with E-state index in [0.717, 1.165) is 17.9 Å². The summed E-state index contributed by atoms with van der Waals surface area (Å²) >= 11 is 0. The third-order valence-electron chi connectivity index (χ3n) is 3.59. The Morgan fingerprint density at radius 2 is 2.06 bits per heavy atom.